The van der Waals surface area contributed by atoms with Gasteiger partial charge in [0.15, 0.2) is 40.7 Å². The number of aromatic amines is 2. The third-order valence-corrected chi connectivity index (χ3v) is 11.6. The van der Waals surface area contributed by atoms with Gasteiger partial charge >= 0.3 is 16.5 Å². The van der Waals surface area contributed by atoms with Crippen molar-refractivity contribution < 1.29 is 46.1 Å². The monoisotopic (exact) mass is 1180 g/mol. The summed E-state index contributed by atoms with van der Waals surface area (Å²) in [4.78, 5) is 71.2. The molecule has 9 aromatic rings. The summed E-state index contributed by atoms with van der Waals surface area (Å²) in [6.45, 7) is 5.37. The van der Waals surface area contributed by atoms with E-state index < -0.39 is 22.1 Å². The summed E-state index contributed by atoms with van der Waals surface area (Å²) in [6.07, 6.45) is 19.1. The number of carbonyl (C=O) groups is 3. The molecule has 0 radical (unpaired) electrons. The van der Waals surface area contributed by atoms with Crippen LogP contribution < -0.4 is 36.9 Å². The van der Waals surface area contributed by atoms with E-state index in [2.05, 4.69) is 71.0 Å². The average Bonchev–Trinajstić information content (AvgIpc) is 4.32. The Balaban J connectivity index is 0.000000173. The number of nitrogen functional groups attached to an aromatic ring is 2. The molecule has 2 fully saturated rings. The predicted molar refractivity (Wildman–Crippen MR) is 307 cm³/mol. The van der Waals surface area contributed by atoms with Crippen LogP contribution in [0.2, 0.25) is 5.15 Å². The maximum Gasteiger partial charge on any atom is 0.421 e. The molecular weight excluding hydrogens is 1120 g/mol. The number of rotatable bonds is 14. The number of pyridine rings is 2. The average molecular weight is 1180 g/mol. The quantitative estimate of drug-likeness (QED) is 0.0281. The first-order chi connectivity index (χ1) is 39.5. The Hall–Kier alpha value is -9.78. The zero-order valence-electron chi connectivity index (χ0n) is 45.8. The molecule has 31 heteroatoms. The molecule has 11 N–H and O–H groups in total. The lowest BCUT2D eigenvalue weighted by atomic mass is 10.1. The standard InChI is InChI=1S/C22H22N8O2.C19H18ClN5O2.C8H13N3O2.C3H5N3.H2O4S/c1-30-12-26-21(29-30)14-4-3-5-16(20(14)32-2)27-17-10-18(28-22-23-8-9-24-22)25-11-15(17)19(31)13-6-7-13;1-25-10-22-19(24-25)12-4-3-5-14(18(12)27-2)23-15-8-16(20)21-9-13(15)17(26)11-6-7-11;1-8(2,3)13-7(12)11-5-4-10-6(11)9;4-3-5-1-2-6-3;1-5(2,3)4/h3-5,8-13H,6-7H2,1-2H3,(H3,23,24,25,27,28);3-5,8-11H,6-7H2,1-2H3,(H,21,23);4-5H,1-3H3,(H2,9,10);1-2H,(H3,4,5,6);(H2,1,2,3,4). The molecule has 0 saturated heterocycles. The summed E-state index contributed by atoms with van der Waals surface area (Å²) < 4.78 is 52.4. The molecule has 2 aliphatic carbocycles. The summed E-state index contributed by atoms with van der Waals surface area (Å²) in [5.74, 6) is 4.31. The van der Waals surface area contributed by atoms with Crippen molar-refractivity contribution in [1.29, 1.82) is 0 Å². The van der Waals surface area contributed by atoms with Gasteiger partial charge in [-0.05, 0) is 76.8 Å². The van der Waals surface area contributed by atoms with Gasteiger partial charge in [-0.1, -0.05) is 23.7 Å². The highest BCUT2D eigenvalue weighted by Gasteiger charge is 2.34. The fourth-order valence-corrected chi connectivity index (χ4v) is 7.63. The number of hydrogen-bond donors (Lipinski definition) is 9. The number of methoxy groups -OCH3 is 2. The van der Waals surface area contributed by atoms with Crippen molar-refractivity contribution in [1.82, 2.24) is 69.0 Å². The van der Waals surface area contributed by atoms with Crippen molar-refractivity contribution in [2.75, 3.05) is 41.6 Å². The predicted octanol–water partition coefficient (Wildman–Crippen LogP) is 8.15. The molecule has 0 amide bonds. The number of aromatic nitrogens is 14. The molecular formula is C52H60ClN19O10S. The van der Waals surface area contributed by atoms with Crippen molar-refractivity contribution in [2.24, 2.45) is 25.9 Å². The van der Waals surface area contributed by atoms with Gasteiger partial charge in [-0.25, -0.2) is 44.2 Å². The number of nitrogens with two attached hydrogens (primary N) is 2. The van der Waals surface area contributed by atoms with Crippen LogP contribution in [-0.4, -0.2) is 124 Å². The minimum absolute atomic E-state index is 0.0622. The molecule has 436 valence electrons. The lowest BCUT2D eigenvalue weighted by Gasteiger charge is -2.19. The van der Waals surface area contributed by atoms with Crippen LogP contribution >= 0.6 is 11.6 Å². The number of carbonyl (C=O) groups excluding carboxylic acids is 3. The van der Waals surface area contributed by atoms with E-state index in [1.54, 1.807) is 107 Å². The molecule has 7 aromatic heterocycles. The zero-order chi connectivity index (χ0) is 60.0. The molecule has 0 atom stereocenters. The highest BCUT2D eigenvalue weighted by molar-refractivity contribution is 7.79. The number of benzene rings is 2. The summed E-state index contributed by atoms with van der Waals surface area (Å²) in [5, 5.41) is 18.8. The maximum atomic E-state index is 12.9. The number of H-pyrrole nitrogens is 2. The smallest absolute Gasteiger partial charge is 0.421 e. The van der Waals surface area contributed by atoms with E-state index in [-0.39, 0.29) is 29.4 Å². The van der Waals surface area contributed by atoms with Crippen LogP contribution in [0.15, 0.2) is 111 Å². The van der Waals surface area contributed by atoms with Gasteiger partial charge in [0.2, 0.25) is 11.9 Å². The summed E-state index contributed by atoms with van der Waals surface area (Å²) >= 11 is 6.07. The minimum atomic E-state index is -4.67. The Morgan fingerprint density at radius 2 is 1.19 bits per heavy atom. The van der Waals surface area contributed by atoms with Crippen molar-refractivity contribution in [3.05, 3.63) is 127 Å². The first-order valence-corrected chi connectivity index (χ1v) is 26.8. The fourth-order valence-electron chi connectivity index (χ4n) is 7.48. The van der Waals surface area contributed by atoms with Crippen LogP contribution in [0.1, 0.15) is 67.2 Å². The molecule has 2 aliphatic rings. The zero-order valence-corrected chi connectivity index (χ0v) is 47.4. The molecule has 0 aliphatic heterocycles. The highest BCUT2D eigenvalue weighted by Crippen LogP contribution is 2.41. The van der Waals surface area contributed by atoms with Gasteiger partial charge in [-0.2, -0.15) is 18.6 Å². The number of Topliss-reactive ketones (excluding diaryl/α,β-unsaturated/α-hetero) is 2. The number of nitrogens with one attached hydrogen (secondary N) is 5. The van der Waals surface area contributed by atoms with Crippen molar-refractivity contribution in [3.8, 4) is 34.3 Å². The van der Waals surface area contributed by atoms with Crippen LogP contribution in [-0.2, 0) is 29.2 Å². The first-order valence-electron chi connectivity index (χ1n) is 25.1. The summed E-state index contributed by atoms with van der Waals surface area (Å²) in [6, 6.07) is 14.7. The third-order valence-electron chi connectivity index (χ3n) is 11.4. The Bertz CT molecular complexity index is 3750. The van der Waals surface area contributed by atoms with Gasteiger partial charge in [0.1, 0.15) is 29.2 Å². The van der Waals surface area contributed by atoms with Crippen LogP contribution in [0, 0.1) is 11.8 Å². The molecule has 2 saturated carbocycles. The van der Waals surface area contributed by atoms with Crippen LogP contribution in [0.4, 0.5) is 51.2 Å². The lowest BCUT2D eigenvalue weighted by molar-refractivity contribution is 0.0540. The number of imidazole rings is 3. The van der Waals surface area contributed by atoms with Crippen molar-refractivity contribution in [2.45, 2.75) is 52.1 Å². The largest absolute Gasteiger partial charge is 0.494 e. The highest BCUT2D eigenvalue weighted by atomic mass is 35.5. The number of ether oxygens (including phenoxy) is 3. The number of para-hydroxylation sites is 2. The van der Waals surface area contributed by atoms with E-state index >= 15 is 0 Å². The molecule has 7 heterocycles. The summed E-state index contributed by atoms with van der Waals surface area (Å²) in [5.41, 5.74) is 15.2. The van der Waals surface area contributed by atoms with E-state index in [9.17, 15) is 14.4 Å². The van der Waals surface area contributed by atoms with E-state index in [1.165, 1.54) is 18.6 Å². The molecule has 2 aromatic carbocycles. The van der Waals surface area contributed by atoms with Gasteiger partial charge in [0, 0.05) is 81.6 Å². The van der Waals surface area contributed by atoms with Crippen molar-refractivity contribution in [3.63, 3.8) is 0 Å². The number of nitrogens with zero attached hydrogens (tertiary/aromatic N) is 12. The van der Waals surface area contributed by atoms with Crippen LogP contribution in [0.25, 0.3) is 22.8 Å². The first kappa shape index (κ1) is 60.9. The van der Waals surface area contributed by atoms with Gasteiger partial charge in [0.05, 0.1) is 59.2 Å². The second-order valence-corrected chi connectivity index (χ2v) is 20.4. The van der Waals surface area contributed by atoms with Crippen LogP contribution in [0.5, 0.6) is 11.5 Å². The lowest BCUT2D eigenvalue weighted by Crippen LogP contribution is -2.27. The van der Waals surface area contributed by atoms with Gasteiger partial charge in [0.25, 0.3) is 0 Å². The second kappa shape index (κ2) is 27.1. The third kappa shape index (κ3) is 17.9. The Labute approximate surface area is 480 Å². The Morgan fingerprint density at radius 1 is 0.687 bits per heavy atom. The fraction of sp³-hybridized carbons (Fsp3) is 0.269. The normalized spacial score (nSPS) is 12.5. The Morgan fingerprint density at radius 3 is 1.59 bits per heavy atom. The van der Waals surface area contributed by atoms with Crippen molar-refractivity contribution >= 4 is 86.1 Å². The molecule has 0 bridgehead atoms. The van der Waals surface area contributed by atoms with Gasteiger partial charge in [-0.3, -0.25) is 28.1 Å². The molecule has 83 heavy (non-hydrogen) atoms. The number of aryl methyl sites for hydroxylation is 2. The van der Waals surface area contributed by atoms with E-state index in [0.717, 1.165) is 41.4 Å². The maximum absolute atomic E-state index is 12.9. The van der Waals surface area contributed by atoms with Gasteiger partial charge < -0.3 is 51.6 Å². The van der Waals surface area contributed by atoms with E-state index in [1.807, 2.05) is 43.4 Å². The molecule has 29 nitrogen and oxygen atoms in total. The number of halogens is 1. The van der Waals surface area contributed by atoms with Crippen LogP contribution in [0.3, 0.4) is 0 Å². The SMILES string of the molecule is CC(C)(C)OC(=O)n1ccnc1N.COc1c(Nc2cc(Cl)ncc2C(=O)C2CC2)cccc1-c1ncn(C)n1.COc1c(Nc2cc(Nc3ncc[nH]3)ncc2C(=O)C2CC2)cccc1-c1ncn(C)n1.Nc1ncc[nH]1.O=S(=O)(O)O. The Kier molecular flexibility index (Phi) is 19.9. The van der Waals surface area contributed by atoms with E-state index in [4.69, 9.17) is 54.8 Å². The summed E-state index contributed by atoms with van der Waals surface area (Å²) in [7, 11) is 2.13. The number of anilines is 8. The minimum Gasteiger partial charge on any atom is -0.494 e. The second-order valence-electron chi connectivity index (χ2n) is 19.1. The van der Waals surface area contributed by atoms with E-state index in [0.29, 0.717) is 79.9 Å². The number of hydrogen-bond acceptors (Lipinski definition) is 22. The van der Waals surface area contributed by atoms with Gasteiger partial charge in [-0.15, -0.1) is 0 Å². The molecule has 0 unspecified atom stereocenters. The molecule has 11 rings (SSSR count). The number of ketones is 2. The molecule has 0 spiro atoms. The topological polar surface area (TPSA) is 404 Å².